The first kappa shape index (κ1) is 12.5. The minimum Gasteiger partial charge on any atom is -0.356 e. The molecule has 1 fully saturated rings. The van der Waals surface area contributed by atoms with E-state index >= 15 is 0 Å². The molecule has 1 saturated heterocycles. The standard InChI is InChI=1S/C12H24N2O/c1-2-3-6-12(15)14-9-7-11-5-4-8-13-10-11/h11,13H,2-10H2,1H3,(H,14,15). The molecule has 0 aromatic rings. The van der Waals surface area contributed by atoms with Gasteiger partial charge < -0.3 is 10.6 Å². The number of hydrogen-bond acceptors (Lipinski definition) is 2. The average Bonchev–Trinajstić information content (AvgIpc) is 2.28. The van der Waals surface area contributed by atoms with E-state index in [1.54, 1.807) is 0 Å². The van der Waals surface area contributed by atoms with Gasteiger partial charge in [0.1, 0.15) is 0 Å². The van der Waals surface area contributed by atoms with Gasteiger partial charge in [-0.3, -0.25) is 4.79 Å². The van der Waals surface area contributed by atoms with E-state index in [4.69, 9.17) is 0 Å². The Morgan fingerprint density at radius 2 is 2.40 bits per heavy atom. The highest BCUT2D eigenvalue weighted by Crippen LogP contribution is 2.12. The zero-order valence-corrected chi connectivity index (χ0v) is 9.85. The number of piperidine rings is 1. The van der Waals surface area contributed by atoms with Crippen LogP contribution >= 0.6 is 0 Å². The number of rotatable bonds is 6. The molecule has 0 saturated carbocycles. The van der Waals surface area contributed by atoms with Crippen molar-refractivity contribution in [2.75, 3.05) is 19.6 Å². The smallest absolute Gasteiger partial charge is 0.219 e. The number of carbonyl (C=O) groups is 1. The summed E-state index contributed by atoms with van der Waals surface area (Å²) in [4.78, 5) is 11.3. The zero-order chi connectivity index (χ0) is 10.9. The van der Waals surface area contributed by atoms with E-state index in [1.807, 2.05) is 0 Å². The lowest BCUT2D eigenvalue weighted by atomic mass is 9.96. The summed E-state index contributed by atoms with van der Waals surface area (Å²) in [7, 11) is 0. The molecule has 15 heavy (non-hydrogen) atoms. The zero-order valence-electron chi connectivity index (χ0n) is 9.85. The Kier molecular flexibility index (Phi) is 6.41. The molecule has 2 N–H and O–H groups in total. The number of carbonyl (C=O) groups excluding carboxylic acids is 1. The fourth-order valence-electron chi connectivity index (χ4n) is 2.01. The van der Waals surface area contributed by atoms with Crippen molar-refractivity contribution in [1.29, 1.82) is 0 Å². The van der Waals surface area contributed by atoms with E-state index in [0.29, 0.717) is 6.42 Å². The largest absolute Gasteiger partial charge is 0.356 e. The first-order valence-electron chi connectivity index (χ1n) is 6.30. The maximum absolute atomic E-state index is 11.3. The van der Waals surface area contributed by atoms with Crippen LogP contribution in [0.2, 0.25) is 0 Å². The van der Waals surface area contributed by atoms with Gasteiger partial charge in [0.15, 0.2) is 0 Å². The van der Waals surface area contributed by atoms with Gasteiger partial charge in [-0.1, -0.05) is 13.3 Å². The molecule has 88 valence electrons. The molecule has 1 heterocycles. The quantitative estimate of drug-likeness (QED) is 0.703. The molecule has 1 atom stereocenters. The second-order valence-corrected chi connectivity index (χ2v) is 4.45. The van der Waals surface area contributed by atoms with Crippen LogP contribution in [0.25, 0.3) is 0 Å². The van der Waals surface area contributed by atoms with Crippen molar-refractivity contribution in [2.45, 2.75) is 45.4 Å². The Morgan fingerprint density at radius 3 is 3.07 bits per heavy atom. The van der Waals surface area contributed by atoms with Crippen LogP contribution in [-0.4, -0.2) is 25.5 Å². The third kappa shape index (κ3) is 5.78. The number of unbranched alkanes of at least 4 members (excludes halogenated alkanes) is 1. The Balaban J connectivity index is 1.97. The molecular weight excluding hydrogens is 188 g/mol. The molecule has 1 aliphatic heterocycles. The van der Waals surface area contributed by atoms with Gasteiger partial charge in [-0.25, -0.2) is 0 Å². The van der Waals surface area contributed by atoms with Crippen LogP contribution in [0.15, 0.2) is 0 Å². The average molecular weight is 212 g/mol. The second-order valence-electron chi connectivity index (χ2n) is 4.45. The topological polar surface area (TPSA) is 41.1 Å². The maximum Gasteiger partial charge on any atom is 0.219 e. The maximum atomic E-state index is 11.3. The van der Waals surface area contributed by atoms with Crippen molar-refractivity contribution in [1.82, 2.24) is 10.6 Å². The van der Waals surface area contributed by atoms with Crippen molar-refractivity contribution in [3.05, 3.63) is 0 Å². The molecule has 0 bridgehead atoms. The highest BCUT2D eigenvalue weighted by Gasteiger charge is 2.12. The third-order valence-corrected chi connectivity index (χ3v) is 3.03. The molecule has 0 aliphatic carbocycles. The van der Waals surface area contributed by atoms with Crippen LogP contribution in [0.1, 0.15) is 45.4 Å². The predicted octanol–water partition coefficient (Wildman–Crippen LogP) is 1.68. The van der Waals surface area contributed by atoms with Gasteiger partial charge >= 0.3 is 0 Å². The number of amides is 1. The summed E-state index contributed by atoms with van der Waals surface area (Å²) in [5.41, 5.74) is 0. The summed E-state index contributed by atoms with van der Waals surface area (Å²) in [5, 5.41) is 6.39. The fourth-order valence-corrected chi connectivity index (χ4v) is 2.01. The van der Waals surface area contributed by atoms with Crippen molar-refractivity contribution in [3.8, 4) is 0 Å². The summed E-state index contributed by atoms with van der Waals surface area (Å²) in [6, 6.07) is 0. The Hall–Kier alpha value is -0.570. The van der Waals surface area contributed by atoms with Gasteiger partial charge in [0, 0.05) is 13.0 Å². The molecule has 0 spiro atoms. The van der Waals surface area contributed by atoms with Crippen molar-refractivity contribution in [2.24, 2.45) is 5.92 Å². The van der Waals surface area contributed by atoms with Gasteiger partial charge in [-0.2, -0.15) is 0 Å². The van der Waals surface area contributed by atoms with E-state index in [2.05, 4.69) is 17.6 Å². The summed E-state index contributed by atoms with van der Waals surface area (Å²) >= 11 is 0. The SMILES string of the molecule is CCCCC(=O)NCCC1CCCNC1. The summed E-state index contributed by atoms with van der Waals surface area (Å²) in [5.74, 6) is 0.992. The molecule has 1 amide bonds. The van der Waals surface area contributed by atoms with E-state index in [-0.39, 0.29) is 5.91 Å². The van der Waals surface area contributed by atoms with Gasteiger partial charge in [0.25, 0.3) is 0 Å². The highest BCUT2D eigenvalue weighted by molar-refractivity contribution is 5.75. The molecule has 3 heteroatoms. The summed E-state index contributed by atoms with van der Waals surface area (Å²) in [6.45, 7) is 5.26. The minimum absolute atomic E-state index is 0.223. The van der Waals surface area contributed by atoms with Gasteiger partial charge in [-0.05, 0) is 44.7 Å². The van der Waals surface area contributed by atoms with E-state index in [1.165, 1.54) is 19.4 Å². The van der Waals surface area contributed by atoms with E-state index < -0.39 is 0 Å². The molecule has 0 aromatic heterocycles. The molecule has 1 rings (SSSR count). The van der Waals surface area contributed by atoms with Crippen molar-refractivity contribution < 1.29 is 4.79 Å². The highest BCUT2D eigenvalue weighted by atomic mass is 16.1. The number of nitrogens with one attached hydrogen (secondary N) is 2. The Bertz CT molecular complexity index is 176. The summed E-state index contributed by atoms with van der Waals surface area (Å²) < 4.78 is 0. The fraction of sp³-hybridized carbons (Fsp3) is 0.917. The molecule has 1 aliphatic rings. The number of hydrogen-bond donors (Lipinski definition) is 2. The van der Waals surface area contributed by atoms with Crippen LogP contribution in [0.3, 0.4) is 0 Å². The molecule has 0 aromatic carbocycles. The predicted molar refractivity (Wildman–Crippen MR) is 62.7 cm³/mol. The summed E-state index contributed by atoms with van der Waals surface area (Å²) in [6.07, 6.45) is 6.54. The lowest BCUT2D eigenvalue weighted by Crippen LogP contribution is -2.33. The lowest BCUT2D eigenvalue weighted by Gasteiger charge is -2.22. The molecule has 0 radical (unpaired) electrons. The Labute approximate surface area is 93.0 Å². The first-order chi connectivity index (χ1) is 7.33. The molecule has 3 nitrogen and oxygen atoms in total. The van der Waals surface area contributed by atoms with Gasteiger partial charge in [-0.15, -0.1) is 0 Å². The van der Waals surface area contributed by atoms with Crippen LogP contribution in [-0.2, 0) is 4.79 Å². The molecule has 1 unspecified atom stereocenters. The van der Waals surface area contributed by atoms with Crippen molar-refractivity contribution >= 4 is 5.91 Å². The van der Waals surface area contributed by atoms with Gasteiger partial charge in [0.05, 0.1) is 0 Å². The molecular formula is C12H24N2O. The monoisotopic (exact) mass is 212 g/mol. The van der Waals surface area contributed by atoms with E-state index in [0.717, 1.165) is 38.3 Å². The third-order valence-electron chi connectivity index (χ3n) is 3.03. The second kappa shape index (κ2) is 7.69. The van der Waals surface area contributed by atoms with E-state index in [9.17, 15) is 4.79 Å². The van der Waals surface area contributed by atoms with Gasteiger partial charge in [0.2, 0.25) is 5.91 Å². The van der Waals surface area contributed by atoms with Crippen molar-refractivity contribution in [3.63, 3.8) is 0 Å². The minimum atomic E-state index is 0.223. The van der Waals surface area contributed by atoms with Crippen LogP contribution in [0, 0.1) is 5.92 Å². The first-order valence-corrected chi connectivity index (χ1v) is 6.30. The lowest BCUT2D eigenvalue weighted by molar-refractivity contribution is -0.121. The normalized spacial score (nSPS) is 21.3. The van der Waals surface area contributed by atoms with Crippen LogP contribution in [0.5, 0.6) is 0 Å². The Morgan fingerprint density at radius 1 is 1.53 bits per heavy atom. The van der Waals surface area contributed by atoms with Crippen LogP contribution < -0.4 is 10.6 Å². The van der Waals surface area contributed by atoms with Crippen LogP contribution in [0.4, 0.5) is 0 Å².